The molecule has 0 aromatic carbocycles. The van der Waals surface area contributed by atoms with E-state index in [0.717, 1.165) is 47.4 Å². The molecular formula is C24H30F3N3. The molecule has 2 aromatic rings. The number of rotatable bonds is 6. The minimum atomic E-state index is -4.20. The van der Waals surface area contributed by atoms with Gasteiger partial charge in [-0.25, -0.2) is 4.98 Å². The number of aromatic nitrogens is 3. The molecule has 0 radical (unpaired) electrons. The summed E-state index contributed by atoms with van der Waals surface area (Å²) in [5, 5.41) is 0. The van der Waals surface area contributed by atoms with Gasteiger partial charge in [0.25, 0.3) is 0 Å². The first-order valence-corrected chi connectivity index (χ1v) is 10.9. The summed E-state index contributed by atoms with van der Waals surface area (Å²) in [6.07, 6.45) is 6.73. The van der Waals surface area contributed by atoms with E-state index < -0.39 is 18.0 Å². The van der Waals surface area contributed by atoms with Crippen molar-refractivity contribution >= 4 is 5.70 Å². The van der Waals surface area contributed by atoms with Crippen molar-refractivity contribution in [3.63, 3.8) is 0 Å². The predicted molar refractivity (Wildman–Crippen MR) is 113 cm³/mol. The second-order valence-electron chi connectivity index (χ2n) is 8.69. The molecule has 0 aliphatic heterocycles. The van der Waals surface area contributed by atoms with Crippen molar-refractivity contribution in [1.29, 1.82) is 0 Å². The van der Waals surface area contributed by atoms with E-state index in [2.05, 4.69) is 30.0 Å². The number of allylic oxidation sites excluding steroid dienone is 2. The second-order valence-corrected chi connectivity index (χ2v) is 8.69. The second kappa shape index (κ2) is 7.78. The molecule has 0 N–H and O–H groups in total. The highest BCUT2D eigenvalue weighted by Gasteiger charge is 2.57. The Hall–Kier alpha value is -2.24. The van der Waals surface area contributed by atoms with Gasteiger partial charge in [-0.1, -0.05) is 31.6 Å². The summed E-state index contributed by atoms with van der Waals surface area (Å²) in [6.45, 7) is 11.0. The van der Waals surface area contributed by atoms with Gasteiger partial charge < -0.3 is 9.13 Å². The minimum Gasteiger partial charge on any atom is -0.350 e. The Morgan fingerprint density at radius 3 is 2.67 bits per heavy atom. The molecule has 3 atom stereocenters. The van der Waals surface area contributed by atoms with Crippen LogP contribution in [0.3, 0.4) is 0 Å². The Morgan fingerprint density at radius 2 is 2.07 bits per heavy atom. The average molecular weight is 418 g/mol. The third-order valence-electron chi connectivity index (χ3n) is 7.07. The number of fused-ring (bicyclic) bond motifs is 2. The molecule has 1 saturated carbocycles. The first-order valence-electron chi connectivity index (χ1n) is 10.9. The predicted octanol–water partition coefficient (Wildman–Crippen LogP) is 6.70. The zero-order chi connectivity index (χ0) is 21.6. The Morgan fingerprint density at radius 1 is 1.30 bits per heavy atom. The summed E-state index contributed by atoms with van der Waals surface area (Å²) >= 11 is 0. The van der Waals surface area contributed by atoms with Gasteiger partial charge in [-0.15, -0.1) is 0 Å². The topological polar surface area (TPSA) is 22.8 Å². The van der Waals surface area contributed by atoms with E-state index in [1.54, 1.807) is 12.5 Å². The quantitative estimate of drug-likeness (QED) is 0.479. The van der Waals surface area contributed by atoms with Crippen LogP contribution >= 0.6 is 0 Å². The third kappa shape index (κ3) is 3.34. The van der Waals surface area contributed by atoms with Crippen LogP contribution < -0.4 is 0 Å². The summed E-state index contributed by atoms with van der Waals surface area (Å²) in [6, 6.07) is 0. The van der Waals surface area contributed by atoms with Gasteiger partial charge in [0, 0.05) is 48.0 Å². The SMILES string of the molecule is C=C(c1cn(CCC)c(C2C3=C(CC)CC[C@@H](C3)C2C(F)(F)F)c1C)n1ccnc1. The van der Waals surface area contributed by atoms with Crippen molar-refractivity contribution in [1.82, 2.24) is 14.1 Å². The van der Waals surface area contributed by atoms with Crippen LogP contribution in [0.2, 0.25) is 0 Å². The van der Waals surface area contributed by atoms with Crippen molar-refractivity contribution in [3.05, 3.63) is 59.5 Å². The fourth-order valence-electron chi connectivity index (χ4n) is 5.75. The van der Waals surface area contributed by atoms with E-state index in [1.807, 2.05) is 23.9 Å². The van der Waals surface area contributed by atoms with Crippen LogP contribution in [0, 0.1) is 18.8 Å². The molecule has 2 aliphatic rings. The van der Waals surface area contributed by atoms with E-state index >= 15 is 0 Å². The molecule has 0 saturated heterocycles. The lowest BCUT2D eigenvalue weighted by atomic mass is 9.84. The van der Waals surface area contributed by atoms with Gasteiger partial charge in [0.15, 0.2) is 0 Å². The Kier molecular flexibility index (Phi) is 5.45. The lowest BCUT2D eigenvalue weighted by Crippen LogP contribution is -2.31. The molecule has 0 amide bonds. The number of alkyl halides is 3. The maximum Gasteiger partial charge on any atom is 0.393 e. The molecule has 6 heteroatoms. The monoisotopic (exact) mass is 417 g/mol. The fourth-order valence-corrected chi connectivity index (χ4v) is 5.75. The Bertz CT molecular complexity index is 963. The molecule has 0 spiro atoms. The van der Waals surface area contributed by atoms with Crippen LogP contribution in [-0.4, -0.2) is 20.3 Å². The lowest BCUT2D eigenvalue weighted by molar-refractivity contribution is -0.187. The molecule has 2 aromatic heterocycles. The normalized spacial score (nSPS) is 24.0. The van der Waals surface area contributed by atoms with Crippen molar-refractivity contribution in [3.8, 4) is 0 Å². The van der Waals surface area contributed by atoms with Gasteiger partial charge >= 0.3 is 6.18 Å². The number of aryl methyl sites for hydroxylation is 1. The van der Waals surface area contributed by atoms with Gasteiger partial charge in [0.1, 0.15) is 0 Å². The summed E-state index contributed by atoms with van der Waals surface area (Å²) in [5.41, 5.74) is 5.68. The highest BCUT2D eigenvalue weighted by molar-refractivity contribution is 5.68. The van der Waals surface area contributed by atoms with Gasteiger partial charge in [-0.05, 0) is 50.5 Å². The van der Waals surface area contributed by atoms with Crippen LogP contribution in [-0.2, 0) is 6.54 Å². The highest BCUT2D eigenvalue weighted by Crippen LogP contribution is 2.60. The number of imidazole rings is 1. The smallest absolute Gasteiger partial charge is 0.350 e. The highest BCUT2D eigenvalue weighted by atomic mass is 19.4. The summed E-state index contributed by atoms with van der Waals surface area (Å²) in [7, 11) is 0. The van der Waals surface area contributed by atoms with Crippen LogP contribution in [0.15, 0.2) is 42.6 Å². The van der Waals surface area contributed by atoms with Crippen LogP contribution in [0.4, 0.5) is 13.2 Å². The van der Waals surface area contributed by atoms with Crippen molar-refractivity contribution in [2.75, 3.05) is 0 Å². The van der Waals surface area contributed by atoms with Crippen LogP contribution in [0.5, 0.6) is 0 Å². The molecular weight excluding hydrogens is 387 g/mol. The number of hydrogen-bond acceptors (Lipinski definition) is 1. The zero-order valence-corrected chi connectivity index (χ0v) is 18.0. The van der Waals surface area contributed by atoms with Gasteiger partial charge in [0.2, 0.25) is 0 Å². The van der Waals surface area contributed by atoms with E-state index in [-0.39, 0.29) is 5.92 Å². The average Bonchev–Trinajstić information content (AvgIpc) is 3.39. The molecule has 2 bridgehead atoms. The molecule has 4 rings (SSSR count). The molecule has 30 heavy (non-hydrogen) atoms. The van der Waals surface area contributed by atoms with Crippen molar-refractivity contribution in [2.45, 2.75) is 71.5 Å². The lowest BCUT2D eigenvalue weighted by Gasteiger charge is -2.28. The molecule has 3 nitrogen and oxygen atoms in total. The maximum absolute atomic E-state index is 14.3. The zero-order valence-electron chi connectivity index (χ0n) is 18.0. The number of nitrogens with zero attached hydrogens (tertiary/aromatic N) is 3. The number of hydrogen-bond donors (Lipinski definition) is 0. The number of halogens is 3. The van der Waals surface area contributed by atoms with E-state index in [1.165, 1.54) is 5.57 Å². The molecule has 2 unspecified atom stereocenters. The standard InChI is InChI=1S/C24H30F3N3/c1-5-10-29-13-20(16(4)30-11-9-28-14-30)15(3)23(29)21-19-12-18(8-7-17(19)6-2)22(21)24(25,26)27/h9,11,13-14,18,21-22H,4-8,10,12H2,1-3H3/t18-,21?,22?/m0/s1. The van der Waals surface area contributed by atoms with E-state index in [0.29, 0.717) is 19.4 Å². The maximum atomic E-state index is 14.3. The molecule has 2 heterocycles. The van der Waals surface area contributed by atoms with Gasteiger partial charge in [-0.2, -0.15) is 13.2 Å². The van der Waals surface area contributed by atoms with E-state index in [4.69, 9.17) is 0 Å². The van der Waals surface area contributed by atoms with Crippen LogP contribution in [0.1, 0.15) is 68.7 Å². The van der Waals surface area contributed by atoms with Gasteiger partial charge in [-0.3, -0.25) is 0 Å². The first kappa shape index (κ1) is 21.0. The Balaban J connectivity index is 1.90. The molecule has 1 fully saturated rings. The van der Waals surface area contributed by atoms with E-state index in [9.17, 15) is 13.2 Å². The summed E-state index contributed by atoms with van der Waals surface area (Å²) in [5.74, 6) is -2.18. The van der Waals surface area contributed by atoms with Crippen molar-refractivity contribution < 1.29 is 13.2 Å². The largest absolute Gasteiger partial charge is 0.393 e. The minimum absolute atomic E-state index is 0.301. The molecule has 2 aliphatic carbocycles. The summed E-state index contributed by atoms with van der Waals surface area (Å²) < 4.78 is 46.9. The van der Waals surface area contributed by atoms with Crippen molar-refractivity contribution in [2.24, 2.45) is 11.8 Å². The third-order valence-corrected chi connectivity index (χ3v) is 7.07. The molecule has 162 valence electrons. The van der Waals surface area contributed by atoms with Gasteiger partial charge in [0.05, 0.1) is 12.2 Å². The fraction of sp³-hybridized carbons (Fsp3) is 0.542. The van der Waals surface area contributed by atoms with Crippen LogP contribution in [0.25, 0.3) is 5.70 Å². The Labute approximate surface area is 176 Å². The summed E-state index contributed by atoms with van der Waals surface area (Å²) in [4.78, 5) is 4.09. The first-order chi connectivity index (χ1) is 14.3.